The minimum atomic E-state index is -4.47. The molecule has 0 bridgehead atoms. The zero-order chi connectivity index (χ0) is 22.1. The maximum absolute atomic E-state index is 13.1. The van der Waals surface area contributed by atoms with Gasteiger partial charge in [-0.2, -0.15) is 13.2 Å². The molecule has 1 heterocycles. The lowest BCUT2D eigenvalue weighted by Crippen LogP contribution is -2.33. The summed E-state index contributed by atoms with van der Waals surface area (Å²) in [6.07, 6.45) is -3.93. The van der Waals surface area contributed by atoms with Gasteiger partial charge >= 0.3 is 6.18 Å². The van der Waals surface area contributed by atoms with Crippen molar-refractivity contribution in [1.82, 2.24) is 14.9 Å². The van der Waals surface area contributed by atoms with Gasteiger partial charge in [-0.3, -0.25) is 4.79 Å². The van der Waals surface area contributed by atoms with E-state index < -0.39 is 29.6 Å². The Morgan fingerprint density at radius 3 is 2.47 bits per heavy atom. The lowest BCUT2D eigenvalue weighted by Gasteiger charge is -2.18. The second-order valence-corrected chi connectivity index (χ2v) is 7.25. The van der Waals surface area contributed by atoms with E-state index in [4.69, 9.17) is 11.6 Å². The maximum atomic E-state index is 13.1. The normalized spacial score (nSPS) is 13.8. The van der Waals surface area contributed by atoms with Crippen LogP contribution in [0.1, 0.15) is 42.8 Å². The van der Waals surface area contributed by atoms with Crippen molar-refractivity contribution in [2.75, 3.05) is 0 Å². The van der Waals surface area contributed by atoms with E-state index in [2.05, 4.69) is 10.3 Å². The van der Waals surface area contributed by atoms with E-state index >= 15 is 0 Å². The Morgan fingerprint density at radius 1 is 1.23 bits per heavy atom. The number of nitrogens with one attached hydrogen (secondary N) is 1. The number of imidazole rings is 1. The van der Waals surface area contributed by atoms with E-state index in [9.17, 15) is 22.8 Å². The lowest BCUT2D eigenvalue weighted by atomic mass is 9.99. The van der Waals surface area contributed by atoms with Crippen LogP contribution in [0.3, 0.4) is 0 Å². The Kier molecular flexibility index (Phi) is 6.17. The molecule has 0 fully saturated rings. The third kappa shape index (κ3) is 4.33. The summed E-state index contributed by atoms with van der Waals surface area (Å²) in [6.45, 7) is 3.81. The molecule has 2 atom stereocenters. The van der Waals surface area contributed by atoms with Gasteiger partial charge in [0.15, 0.2) is 0 Å². The number of amides is 1. The number of aromatic nitrogens is 2. The monoisotopic (exact) mass is 437 g/mol. The Hall–Kier alpha value is -2.87. The standard InChI is InChI=1S/C21H19ClF3N3O2/c1-3-28-18-10-14(21(23,24)25)6-9-17(18)27-19(28)12(2)26-20(30)16(11-29)13-4-7-15(22)8-5-13/h4-12,16H,3H2,1-2H3,(H,26,30). The smallest absolute Gasteiger partial charge is 0.346 e. The Labute approximate surface area is 175 Å². The fourth-order valence-electron chi connectivity index (χ4n) is 3.31. The number of fused-ring (bicyclic) bond motifs is 1. The molecular weight excluding hydrogens is 419 g/mol. The maximum Gasteiger partial charge on any atom is 0.416 e. The molecule has 3 rings (SSSR count). The number of alkyl halides is 3. The highest BCUT2D eigenvalue weighted by molar-refractivity contribution is 6.30. The summed E-state index contributed by atoms with van der Waals surface area (Å²) >= 11 is 5.84. The number of rotatable bonds is 6. The number of carbonyl (C=O) groups excluding carboxylic acids is 2. The molecule has 0 spiro atoms. The Bertz CT molecular complexity index is 1080. The number of aryl methyl sites for hydroxylation is 1. The lowest BCUT2D eigenvalue weighted by molar-refractivity contribution is -0.137. The first-order valence-electron chi connectivity index (χ1n) is 9.24. The average Bonchev–Trinajstić information content (AvgIpc) is 3.07. The van der Waals surface area contributed by atoms with Crippen molar-refractivity contribution in [3.05, 3.63) is 64.4 Å². The van der Waals surface area contributed by atoms with Crippen LogP contribution in [-0.4, -0.2) is 21.7 Å². The second kappa shape index (κ2) is 8.47. The van der Waals surface area contributed by atoms with Gasteiger partial charge < -0.3 is 14.7 Å². The average molecular weight is 438 g/mol. The zero-order valence-corrected chi connectivity index (χ0v) is 17.0. The molecule has 1 N–H and O–H groups in total. The molecule has 2 aromatic carbocycles. The van der Waals surface area contributed by atoms with Crippen LogP contribution in [0.2, 0.25) is 5.02 Å². The van der Waals surface area contributed by atoms with E-state index in [0.717, 1.165) is 12.1 Å². The molecule has 2 unspecified atom stereocenters. The van der Waals surface area contributed by atoms with E-state index in [1.807, 2.05) is 0 Å². The van der Waals surface area contributed by atoms with E-state index in [-0.39, 0.29) is 0 Å². The van der Waals surface area contributed by atoms with E-state index in [1.165, 1.54) is 6.07 Å². The largest absolute Gasteiger partial charge is 0.416 e. The number of nitrogens with zero attached hydrogens (tertiary/aromatic N) is 2. The predicted molar refractivity (Wildman–Crippen MR) is 107 cm³/mol. The van der Waals surface area contributed by atoms with Crippen LogP contribution >= 0.6 is 11.6 Å². The van der Waals surface area contributed by atoms with Gasteiger partial charge in [0.25, 0.3) is 0 Å². The molecule has 1 aromatic heterocycles. The van der Waals surface area contributed by atoms with Crippen LogP contribution in [0.4, 0.5) is 13.2 Å². The summed E-state index contributed by atoms with van der Waals surface area (Å²) in [5.41, 5.74) is 0.438. The highest BCUT2D eigenvalue weighted by Crippen LogP contribution is 2.32. The van der Waals surface area contributed by atoms with Crippen molar-refractivity contribution in [2.45, 2.75) is 38.5 Å². The first kappa shape index (κ1) is 21.8. The van der Waals surface area contributed by atoms with Gasteiger partial charge in [-0.15, -0.1) is 0 Å². The van der Waals surface area contributed by atoms with Gasteiger partial charge in [0.2, 0.25) is 5.91 Å². The molecule has 0 saturated carbocycles. The third-order valence-electron chi connectivity index (χ3n) is 4.82. The first-order valence-corrected chi connectivity index (χ1v) is 9.62. The van der Waals surface area contributed by atoms with Crippen LogP contribution in [0.25, 0.3) is 11.0 Å². The van der Waals surface area contributed by atoms with Crippen LogP contribution in [-0.2, 0) is 22.3 Å². The first-order chi connectivity index (χ1) is 14.2. The van der Waals surface area contributed by atoms with Crippen LogP contribution < -0.4 is 5.32 Å². The van der Waals surface area contributed by atoms with Gasteiger partial charge in [0, 0.05) is 11.6 Å². The van der Waals surface area contributed by atoms with Crippen molar-refractivity contribution >= 4 is 34.8 Å². The van der Waals surface area contributed by atoms with Crippen molar-refractivity contribution in [1.29, 1.82) is 0 Å². The quantitative estimate of drug-likeness (QED) is 0.441. The predicted octanol–water partition coefficient (Wildman–Crippen LogP) is 4.89. The van der Waals surface area contributed by atoms with Crippen LogP contribution in [0, 0.1) is 0 Å². The molecular formula is C21H19ClF3N3O2. The molecule has 0 aliphatic rings. The molecule has 0 saturated heterocycles. The highest BCUT2D eigenvalue weighted by Gasteiger charge is 2.31. The molecule has 3 aromatic rings. The summed E-state index contributed by atoms with van der Waals surface area (Å²) in [5.74, 6) is -1.17. The number of carbonyl (C=O) groups is 2. The number of hydrogen-bond donors (Lipinski definition) is 1. The van der Waals surface area contributed by atoms with E-state index in [1.54, 1.807) is 42.7 Å². The summed E-state index contributed by atoms with van der Waals surface area (Å²) in [7, 11) is 0. The van der Waals surface area contributed by atoms with Gasteiger partial charge in [0.05, 0.1) is 22.6 Å². The molecule has 158 valence electrons. The molecule has 9 heteroatoms. The topological polar surface area (TPSA) is 64.0 Å². The van der Waals surface area contributed by atoms with Gasteiger partial charge in [-0.1, -0.05) is 23.7 Å². The SMILES string of the molecule is CCn1c(C(C)NC(=O)C(C=O)c2ccc(Cl)cc2)nc2ccc(C(F)(F)F)cc21. The van der Waals surface area contributed by atoms with Crippen molar-refractivity contribution in [3.63, 3.8) is 0 Å². The minimum Gasteiger partial charge on any atom is -0.346 e. The summed E-state index contributed by atoms with van der Waals surface area (Å²) < 4.78 is 40.8. The molecule has 30 heavy (non-hydrogen) atoms. The van der Waals surface area contributed by atoms with Gasteiger partial charge in [0.1, 0.15) is 18.0 Å². The molecule has 1 amide bonds. The van der Waals surface area contributed by atoms with Crippen molar-refractivity contribution < 1.29 is 22.8 Å². The fraction of sp³-hybridized carbons (Fsp3) is 0.286. The zero-order valence-electron chi connectivity index (χ0n) is 16.2. The van der Waals surface area contributed by atoms with Crippen LogP contribution in [0.15, 0.2) is 42.5 Å². The number of aldehydes is 1. The van der Waals surface area contributed by atoms with Gasteiger partial charge in [-0.25, -0.2) is 4.98 Å². The fourth-order valence-corrected chi connectivity index (χ4v) is 3.44. The summed E-state index contributed by atoms with van der Waals surface area (Å²) in [4.78, 5) is 28.6. The van der Waals surface area contributed by atoms with Crippen LogP contribution in [0.5, 0.6) is 0 Å². The summed E-state index contributed by atoms with van der Waals surface area (Å²) in [6, 6.07) is 9.05. The number of hydrogen-bond acceptors (Lipinski definition) is 3. The minimum absolute atomic E-state index is 0.327. The molecule has 5 nitrogen and oxygen atoms in total. The third-order valence-corrected chi connectivity index (χ3v) is 5.07. The van der Waals surface area contributed by atoms with E-state index in [0.29, 0.717) is 40.3 Å². The second-order valence-electron chi connectivity index (χ2n) is 6.81. The Morgan fingerprint density at radius 2 is 1.90 bits per heavy atom. The van der Waals surface area contributed by atoms with Crippen molar-refractivity contribution in [3.8, 4) is 0 Å². The number of halogens is 4. The molecule has 0 aliphatic heterocycles. The molecule has 0 aliphatic carbocycles. The van der Waals surface area contributed by atoms with Gasteiger partial charge in [-0.05, 0) is 49.7 Å². The summed E-state index contributed by atoms with van der Waals surface area (Å²) in [5, 5.41) is 3.21. The Balaban J connectivity index is 1.90. The molecule has 0 radical (unpaired) electrons. The number of benzene rings is 2. The van der Waals surface area contributed by atoms with Crippen molar-refractivity contribution in [2.24, 2.45) is 0 Å². The highest BCUT2D eigenvalue weighted by atomic mass is 35.5.